The van der Waals surface area contributed by atoms with Gasteiger partial charge in [0.15, 0.2) is 0 Å². The van der Waals surface area contributed by atoms with E-state index in [1.807, 2.05) is 0 Å². The fraction of sp³-hybridized carbons (Fsp3) is 0.389. The number of nitrogens with zero attached hydrogens (tertiary/aromatic N) is 4. The van der Waals surface area contributed by atoms with E-state index in [1.54, 1.807) is 4.90 Å². The molecule has 0 atom stereocenters. The van der Waals surface area contributed by atoms with Crippen molar-refractivity contribution in [2.24, 2.45) is 0 Å². The second-order valence-corrected chi connectivity index (χ2v) is 6.18. The zero-order valence-electron chi connectivity index (χ0n) is 14.8. The molecule has 1 aliphatic rings. The fourth-order valence-corrected chi connectivity index (χ4v) is 2.91. The summed E-state index contributed by atoms with van der Waals surface area (Å²) in [5.41, 5.74) is -0.732. The normalized spacial score (nSPS) is 15.6. The first-order valence-electron chi connectivity index (χ1n) is 8.65. The number of carbonyl (C=O) groups is 1. The Bertz CT molecular complexity index is 786. The topological polar surface area (TPSA) is 61.4 Å². The Morgan fingerprint density at radius 2 is 1.81 bits per heavy atom. The number of halogens is 3. The minimum Gasteiger partial charge on any atom is -0.338 e. The van der Waals surface area contributed by atoms with Crippen molar-refractivity contribution in [3.05, 3.63) is 47.9 Å². The van der Waals surface area contributed by atoms with Gasteiger partial charge in [-0.05, 0) is 18.7 Å². The predicted molar refractivity (Wildman–Crippen MR) is 94.8 cm³/mol. The summed E-state index contributed by atoms with van der Waals surface area (Å²) in [7, 11) is 0. The fourth-order valence-electron chi connectivity index (χ4n) is 2.91. The van der Waals surface area contributed by atoms with Gasteiger partial charge in [-0.25, -0.2) is 9.97 Å². The number of nitrogens with one attached hydrogen (secondary N) is 1. The molecule has 2 heterocycles. The van der Waals surface area contributed by atoms with Crippen LogP contribution >= 0.6 is 0 Å². The van der Waals surface area contributed by atoms with Crippen molar-refractivity contribution in [2.75, 3.05) is 38.0 Å². The standard InChI is InChI=1S/C18H20F3N5O/c1-2-25-7-9-26(10-8-25)17(27)15-11-23-16(12-22-15)24-14-6-4-3-5-13(14)18(19,20)21/h3-6,11-12H,2,7-10H2,1H3,(H,23,24). The Hall–Kier alpha value is -2.68. The first-order chi connectivity index (χ1) is 12.9. The Kier molecular flexibility index (Phi) is 5.59. The molecule has 9 heteroatoms. The van der Waals surface area contributed by atoms with Gasteiger partial charge in [-0.2, -0.15) is 13.2 Å². The van der Waals surface area contributed by atoms with E-state index in [4.69, 9.17) is 0 Å². The van der Waals surface area contributed by atoms with Crippen molar-refractivity contribution in [1.29, 1.82) is 0 Å². The molecule has 0 radical (unpaired) electrons. The first kappa shape index (κ1) is 19.1. The Labute approximate surface area is 155 Å². The summed E-state index contributed by atoms with van der Waals surface area (Å²) in [6, 6.07) is 5.12. The highest BCUT2D eigenvalue weighted by atomic mass is 19.4. The van der Waals surface area contributed by atoms with E-state index >= 15 is 0 Å². The number of likely N-dealkylation sites (N-methyl/N-ethyl adjacent to an activating group) is 1. The van der Waals surface area contributed by atoms with Crippen molar-refractivity contribution in [2.45, 2.75) is 13.1 Å². The van der Waals surface area contributed by atoms with Crippen molar-refractivity contribution < 1.29 is 18.0 Å². The molecule has 1 saturated heterocycles. The van der Waals surface area contributed by atoms with Crippen LogP contribution in [0.3, 0.4) is 0 Å². The highest BCUT2D eigenvalue weighted by molar-refractivity contribution is 5.92. The number of amides is 1. The highest BCUT2D eigenvalue weighted by Crippen LogP contribution is 2.35. The Morgan fingerprint density at radius 1 is 1.11 bits per heavy atom. The number of anilines is 2. The van der Waals surface area contributed by atoms with Crippen LogP contribution in [0, 0.1) is 0 Å². The van der Waals surface area contributed by atoms with Gasteiger partial charge in [-0.3, -0.25) is 4.79 Å². The van der Waals surface area contributed by atoms with Gasteiger partial charge in [0.1, 0.15) is 11.5 Å². The van der Waals surface area contributed by atoms with E-state index in [-0.39, 0.29) is 23.1 Å². The van der Waals surface area contributed by atoms with Gasteiger partial charge in [0.05, 0.1) is 23.6 Å². The molecule has 1 fully saturated rings. The lowest BCUT2D eigenvalue weighted by molar-refractivity contribution is -0.136. The van der Waals surface area contributed by atoms with Gasteiger partial charge in [0.2, 0.25) is 0 Å². The SMILES string of the molecule is CCN1CCN(C(=O)c2cnc(Nc3ccccc3C(F)(F)F)cn2)CC1. The molecule has 27 heavy (non-hydrogen) atoms. The molecule has 144 valence electrons. The third-order valence-electron chi connectivity index (χ3n) is 4.47. The maximum absolute atomic E-state index is 13.1. The minimum atomic E-state index is -4.48. The molecule has 6 nitrogen and oxygen atoms in total. The molecule has 1 aromatic carbocycles. The Morgan fingerprint density at radius 3 is 2.41 bits per heavy atom. The number of hydrogen-bond acceptors (Lipinski definition) is 5. The molecular formula is C18H20F3N5O. The third kappa shape index (κ3) is 4.54. The number of hydrogen-bond donors (Lipinski definition) is 1. The molecule has 1 aromatic heterocycles. The molecule has 0 unspecified atom stereocenters. The van der Waals surface area contributed by atoms with Crippen molar-refractivity contribution in [3.63, 3.8) is 0 Å². The summed E-state index contributed by atoms with van der Waals surface area (Å²) in [4.78, 5) is 24.6. The predicted octanol–water partition coefficient (Wildman–Crippen LogP) is 3.02. The molecule has 0 saturated carbocycles. The molecular weight excluding hydrogens is 359 g/mol. The first-order valence-corrected chi connectivity index (χ1v) is 8.65. The minimum absolute atomic E-state index is 0.117. The van der Waals surface area contributed by atoms with E-state index in [1.165, 1.54) is 30.6 Å². The lowest BCUT2D eigenvalue weighted by Gasteiger charge is -2.33. The van der Waals surface area contributed by atoms with Crippen molar-refractivity contribution >= 4 is 17.4 Å². The van der Waals surface area contributed by atoms with Crippen LogP contribution < -0.4 is 5.32 Å². The lowest BCUT2D eigenvalue weighted by atomic mass is 10.1. The number of carbonyl (C=O) groups excluding carboxylic acids is 1. The van der Waals surface area contributed by atoms with Gasteiger partial charge in [0, 0.05) is 26.2 Å². The maximum Gasteiger partial charge on any atom is 0.418 e. The summed E-state index contributed by atoms with van der Waals surface area (Å²) < 4.78 is 39.2. The molecule has 1 N–H and O–H groups in total. The van der Waals surface area contributed by atoms with Crippen LogP contribution in [0.15, 0.2) is 36.7 Å². The molecule has 1 amide bonds. The van der Waals surface area contributed by atoms with Gasteiger partial charge in [-0.15, -0.1) is 0 Å². The molecule has 3 rings (SSSR count). The van der Waals surface area contributed by atoms with E-state index in [0.29, 0.717) is 13.1 Å². The van der Waals surface area contributed by atoms with Crippen LogP contribution in [0.25, 0.3) is 0 Å². The van der Waals surface area contributed by atoms with E-state index in [2.05, 4.69) is 27.1 Å². The summed E-state index contributed by atoms with van der Waals surface area (Å²) >= 11 is 0. The molecule has 0 spiro atoms. The van der Waals surface area contributed by atoms with Crippen LogP contribution in [-0.2, 0) is 6.18 Å². The van der Waals surface area contributed by atoms with E-state index < -0.39 is 11.7 Å². The number of para-hydroxylation sites is 1. The van der Waals surface area contributed by atoms with Gasteiger partial charge < -0.3 is 15.1 Å². The zero-order valence-corrected chi connectivity index (χ0v) is 14.8. The van der Waals surface area contributed by atoms with Crippen molar-refractivity contribution in [1.82, 2.24) is 19.8 Å². The maximum atomic E-state index is 13.1. The monoisotopic (exact) mass is 379 g/mol. The summed E-state index contributed by atoms with van der Waals surface area (Å²) in [6.07, 6.45) is -1.93. The average molecular weight is 379 g/mol. The number of piperazine rings is 1. The summed E-state index contributed by atoms with van der Waals surface area (Å²) in [5.74, 6) is -0.0838. The number of alkyl halides is 3. The molecule has 2 aromatic rings. The van der Waals surface area contributed by atoms with Crippen LogP contribution in [0.1, 0.15) is 23.0 Å². The third-order valence-corrected chi connectivity index (χ3v) is 4.47. The summed E-state index contributed by atoms with van der Waals surface area (Å²) in [6.45, 7) is 5.88. The van der Waals surface area contributed by atoms with Crippen LogP contribution in [0.5, 0.6) is 0 Å². The van der Waals surface area contributed by atoms with E-state index in [0.717, 1.165) is 25.7 Å². The quantitative estimate of drug-likeness (QED) is 0.885. The second kappa shape index (κ2) is 7.91. The second-order valence-electron chi connectivity index (χ2n) is 6.18. The van der Waals surface area contributed by atoms with Gasteiger partial charge in [-0.1, -0.05) is 19.1 Å². The van der Waals surface area contributed by atoms with Crippen molar-refractivity contribution in [3.8, 4) is 0 Å². The Balaban J connectivity index is 1.69. The largest absolute Gasteiger partial charge is 0.418 e. The van der Waals surface area contributed by atoms with Gasteiger partial charge >= 0.3 is 6.18 Å². The van der Waals surface area contributed by atoms with Crippen LogP contribution in [0.4, 0.5) is 24.7 Å². The van der Waals surface area contributed by atoms with Crippen LogP contribution in [0.2, 0.25) is 0 Å². The highest BCUT2D eigenvalue weighted by Gasteiger charge is 2.33. The average Bonchev–Trinajstić information content (AvgIpc) is 2.68. The molecule has 1 aliphatic heterocycles. The molecule has 0 aliphatic carbocycles. The van der Waals surface area contributed by atoms with Crippen LogP contribution in [-0.4, -0.2) is 58.4 Å². The van der Waals surface area contributed by atoms with E-state index in [9.17, 15) is 18.0 Å². The summed E-state index contributed by atoms with van der Waals surface area (Å²) in [5, 5.41) is 2.61. The zero-order chi connectivity index (χ0) is 19.4. The smallest absolute Gasteiger partial charge is 0.338 e. The van der Waals surface area contributed by atoms with Gasteiger partial charge in [0.25, 0.3) is 5.91 Å². The molecule has 0 bridgehead atoms. The number of aromatic nitrogens is 2. The number of rotatable bonds is 4. The lowest BCUT2D eigenvalue weighted by Crippen LogP contribution is -2.48. The number of benzene rings is 1.